The summed E-state index contributed by atoms with van der Waals surface area (Å²) in [6.45, 7) is 6.06. The largest absolute Gasteiger partial charge is 0.490 e. The van der Waals surface area contributed by atoms with E-state index in [4.69, 9.17) is 4.74 Å². The van der Waals surface area contributed by atoms with Crippen molar-refractivity contribution in [2.24, 2.45) is 5.92 Å². The van der Waals surface area contributed by atoms with Crippen molar-refractivity contribution in [2.45, 2.75) is 20.0 Å². The van der Waals surface area contributed by atoms with Gasteiger partial charge in [0.2, 0.25) is 0 Å². The van der Waals surface area contributed by atoms with Crippen molar-refractivity contribution < 1.29 is 9.84 Å². The molecule has 0 unspecified atom stereocenters. The molecule has 1 atom stereocenters. The lowest BCUT2D eigenvalue weighted by Crippen LogP contribution is -2.33. The van der Waals surface area contributed by atoms with Crippen molar-refractivity contribution in [3.63, 3.8) is 0 Å². The first-order chi connectivity index (χ1) is 9.66. The second kappa shape index (κ2) is 7.27. The van der Waals surface area contributed by atoms with Gasteiger partial charge >= 0.3 is 0 Å². The molecule has 0 spiro atoms. The summed E-state index contributed by atoms with van der Waals surface area (Å²) in [6, 6.07) is 14.1. The molecule has 2 rings (SSSR count). The molecular formula is C17H23NO2. The van der Waals surface area contributed by atoms with Crippen molar-refractivity contribution in [1.29, 1.82) is 0 Å². The third-order valence-corrected chi connectivity index (χ3v) is 3.11. The van der Waals surface area contributed by atoms with Crippen LogP contribution in [0.1, 0.15) is 13.8 Å². The predicted octanol–water partition coefficient (Wildman–Crippen LogP) is 2.83. The Balaban J connectivity index is 1.89. The van der Waals surface area contributed by atoms with Crippen LogP contribution in [0.5, 0.6) is 5.75 Å². The third kappa shape index (κ3) is 4.22. The molecule has 0 bridgehead atoms. The van der Waals surface area contributed by atoms with E-state index in [1.54, 1.807) is 0 Å². The lowest BCUT2D eigenvalue weighted by molar-refractivity contribution is 0.106. The van der Waals surface area contributed by atoms with Gasteiger partial charge in [0.05, 0.1) is 0 Å². The molecule has 0 saturated heterocycles. The minimum Gasteiger partial charge on any atom is -0.490 e. The molecule has 2 N–H and O–H groups in total. The van der Waals surface area contributed by atoms with Gasteiger partial charge in [-0.25, -0.2) is 0 Å². The van der Waals surface area contributed by atoms with Crippen LogP contribution in [0.15, 0.2) is 42.5 Å². The van der Waals surface area contributed by atoms with E-state index in [1.807, 2.05) is 30.3 Å². The topological polar surface area (TPSA) is 41.5 Å². The van der Waals surface area contributed by atoms with Crippen molar-refractivity contribution in [3.05, 3.63) is 42.5 Å². The van der Waals surface area contributed by atoms with E-state index in [9.17, 15) is 5.11 Å². The highest BCUT2D eigenvalue weighted by atomic mass is 16.5. The van der Waals surface area contributed by atoms with Crippen LogP contribution in [0, 0.1) is 5.92 Å². The van der Waals surface area contributed by atoms with Gasteiger partial charge in [-0.2, -0.15) is 0 Å². The lowest BCUT2D eigenvalue weighted by atomic mass is 10.1. The van der Waals surface area contributed by atoms with Crippen molar-refractivity contribution in [2.75, 3.05) is 19.7 Å². The van der Waals surface area contributed by atoms with Gasteiger partial charge in [-0.1, -0.05) is 50.2 Å². The Hall–Kier alpha value is -1.58. The van der Waals surface area contributed by atoms with E-state index in [-0.39, 0.29) is 0 Å². The summed E-state index contributed by atoms with van der Waals surface area (Å²) in [4.78, 5) is 0. The molecule has 0 radical (unpaired) electrons. The Morgan fingerprint density at radius 3 is 2.60 bits per heavy atom. The zero-order valence-corrected chi connectivity index (χ0v) is 12.2. The summed E-state index contributed by atoms with van der Waals surface area (Å²) < 4.78 is 5.75. The fourth-order valence-electron chi connectivity index (χ4n) is 2.11. The number of rotatable bonds is 7. The molecule has 0 aromatic heterocycles. The van der Waals surface area contributed by atoms with Crippen LogP contribution in [-0.4, -0.2) is 30.9 Å². The molecule has 3 nitrogen and oxygen atoms in total. The third-order valence-electron chi connectivity index (χ3n) is 3.11. The number of hydrogen-bond donors (Lipinski definition) is 2. The zero-order valence-electron chi connectivity index (χ0n) is 12.2. The van der Waals surface area contributed by atoms with Gasteiger partial charge in [0.1, 0.15) is 18.5 Å². The number of benzene rings is 2. The van der Waals surface area contributed by atoms with Crippen LogP contribution >= 0.6 is 0 Å². The van der Waals surface area contributed by atoms with Gasteiger partial charge in [0.15, 0.2) is 0 Å². The first-order valence-corrected chi connectivity index (χ1v) is 7.16. The highest BCUT2D eigenvalue weighted by Gasteiger charge is 2.07. The minimum absolute atomic E-state index is 0.305. The number of ether oxygens (including phenoxy) is 1. The van der Waals surface area contributed by atoms with Crippen LogP contribution < -0.4 is 10.1 Å². The molecule has 0 aliphatic rings. The minimum atomic E-state index is -0.493. The standard InChI is InChI=1S/C17H23NO2/c1-13(2)10-18-11-15(19)12-20-17-9-5-7-14-6-3-4-8-16(14)17/h3-9,13,15,18-19H,10-12H2,1-2H3/t15-/m1/s1. The molecule has 0 fully saturated rings. The van der Waals surface area contributed by atoms with Crippen LogP contribution in [-0.2, 0) is 0 Å². The van der Waals surface area contributed by atoms with Crippen LogP contribution in [0.4, 0.5) is 0 Å². The van der Waals surface area contributed by atoms with Gasteiger partial charge in [0, 0.05) is 11.9 Å². The van der Waals surface area contributed by atoms with Crippen molar-refractivity contribution in [1.82, 2.24) is 5.32 Å². The van der Waals surface area contributed by atoms with Gasteiger partial charge in [-0.3, -0.25) is 0 Å². The SMILES string of the molecule is CC(C)CNC[C@@H](O)COc1cccc2ccccc12. The number of fused-ring (bicyclic) bond motifs is 1. The Morgan fingerprint density at radius 1 is 1.05 bits per heavy atom. The van der Waals surface area contributed by atoms with E-state index in [1.165, 1.54) is 0 Å². The summed E-state index contributed by atoms with van der Waals surface area (Å²) in [5.74, 6) is 1.41. The fraction of sp³-hybridized carbons (Fsp3) is 0.412. The number of nitrogens with one attached hydrogen (secondary N) is 1. The maximum atomic E-state index is 9.91. The second-order valence-corrected chi connectivity index (χ2v) is 5.49. The number of aliphatic hydroxyl groups excluding tert-OH is 1. The maximum Gasteiger partial charge on any atom is 0.127 e. The molecule has 108 valence electrons. The highest BCUT2D eigenvalue weighted by molar-refractivity contribution is 5.88. The van der Waals surface area contributed by atoms with E-state index >= 15 is 0 Å². The summed E-state index contributed by atoms with van der Waals surface area (Å²) in [5, 5.41) is 15.4. The molecule has 20 heavy (non-hydrogen) atoms. The average molecular weight is 273 g/mol. The highest BCUT2D eigenvalue weighted by Crippen LogP contribution is 2.25. The quantitative estimate of drug-likeness (QED) is 0.815. The molecular weight excluding hydrogens is 250 g/mol. The normalized spacial score (nSPS) is 12.8. The Morgan fingerprint density at radius 2 is 1.80 bits per heavy atom. The lowest BCUT2D eigenvalue weighted by Gasteiger charge is -2.15. The molecule has 2 aromatic carbocycles. The second-order valence-electron chi connectivity index (χ2n) is 5.49. The summed E-state index contributed by atoms with van der Waals surface area (Å²) in [5.41, 5.74) is 0. The van der Waals surface area contributed by atoms with Gasteiger partial charge in [-0.05, 0) is 23.9 Å². The van der Waals surface area contributed by atoms with E-state index in [2.05, 4.69) is 31.3 Å². The monoisotopic (exact) mass is 273 g/mol. The van der Waals surface area contributed by atoms with Gasteiger partial charge in [-0.15, -0.1) is 0 Å². The first-order valence-electron chi connectivity index (χ1n) is 7.16. The molecule has 3 heteroatoms. The van der Waals surface area contributed by atoms with Crippen molar-refractivity contribution in [3.8, 4) is 5.75 Å². The number of hydrogen-bond acceptors (Lipinski definition) is 3. The van der Waals surface area contributed by atoms with E-state index in [0.29, 0.717) is 19.1 Å². The van der Waals surface area contributed by atoms with Crippen molar-refractivity contribution >= 4 is 10.8 Å². The fourth-order valence-corrected chi connectivity index (χ4v) is 2.11. The Kier molecular flexibility index (Phi) is 5.39. The summed E-state index contributed by atoms with van der Waals surface area (Å²) in [6.07, 6.45) is -0.493. The predicted molar refractivity (Wildman–Crippen MR) is 83.2 cm³/mol. The van der Waals surface area contributed by atoms with Crippen LogP contribution in [0.25, 0.3) is 10.8 Å². The molecule has 0 heterocycles. The van der Waals surface area contributed by atoms with Crippen LogP contribution in [0.3, 0.4) is 0 Å². The van der Waals surface area contributed by atoms with E-state index in [0.717, 1.165) is 23.1 Å². The average Bonchev–Trinajstić information content (AvgIpc) is 2.44. The Bertz CT molecular complexity index is 534. The first kappa shape index (κ1) is 14.8. The summed E-state index contributed by atoms with van der Waals surface area (Å²) >= 11 is 0. The van der Waals surface area contributed by atoms with Gasteiger partial charge in [0.25, 0.3) is 0 Å². The molecule has 0 amide bonds. The van der Waals surface area contributed by atoms with Crippen LogP contribution in [0.2, 0.25) is 0 Å². The maximum absolute atomic E-state index is 9.91. The smallest absolute Gasteiger partial charge is 0.127 e. The molecule has 0 aliphatic carbocycles. The number of aliphatic hydroxyl groups is 1. The van der Waals surface area contributed by atoms with E-state index < -0.39 is 6.10 Å². The van der Waals surface area contributed by atoms with Gasteiger partial charge < -0.3 is 15.2 Å². The molecule has 2 aromatic rings. The zero-order chi connectivity index (χ0) is 14.4. The summed E-state index contributed by atoms with van der Waals surface area (Å²) in [7, 11) is 0. The molecule has 0 saturated carbocycles. The Labute approximate surface area is 120 Å². The molecule has 0 aliphatic heterocycles.